The Labute approximate surface area is 233 Å². The summed E-state index contributed by atoms with van der Waals surface area (Å²) >= 11 is 0. The molecule has 0 radical (unpaired) electrons. The van der Waals surface area contributed by atoms with Gasteiger partial charge in [-0.25, -0.2) is 4.79 Å². The molecule has 0 saturated carbocycles. The van der Waals surface area contributed by atoms with Crippen LogP contribution < -0.4 is 19.9 Å². The van der Waals surface area contributed by atoms with Gasteiger partial charge in [-0.1, -0.05) is 30.3 Å². The first-order chi connectivity index (χ1) is 19.1. The normalized spacial score (nSPS) is 15.4. The summed E-state index contributed by atoms with van der Waals surface area (Å²) in [7, 11) is 4.42. The van der Waals surface area contributed by atoms with Crippen molar-refractivity contribution < 1.29 is 28.5 Å². The predicted octanol–water partition coefficient (Wildman–Crippen LogP) is 3.59. The third-order valence-corrected chi connectivity index (χ3v) is 7.02. The molecular weight excluding hydrogens is 498 g/mol. The SMILES string of the molecule is COC(=O)c1cc(OC)c(OC)c(OCCC(CCN2CCCN(CCCN)CC2)OCc2ccccc2)c1. The van der Waals surface area contributed by atoms with Gasteiger partial charge in [0.2, 0.25) is 5.75 Å². The number of ether oxygens (including phenoxy) is 5. The van der Waals surface area contributed by atoms with E-state index in [-0.39, 0.29) is 6.10 Å². The Hall–Kier alpha value is -2.85. The average molecular weight is 544 g/mol. The van der Waals surface area contributed by atoms with E-state index in [2.05, 4.69) is 21.9 Å². The van der Waals surface area contributed by atoms with Crippen LogP contribution in [0.15, 0.2) is 42.5 Å². The van der Waals surface area contributed by atoms with Crippen molar-refractivity contribution in [3.05, 3.63) is 53.6 Å². The number of carbonyl (C=O) groups excluding carboxylic acids is 1. The van der Waals surface area contributed by atoms with Crippen LogP contribution in [0, 0.1) is 0 Å². The van der Waals surface area contributed by atoms with E-state index in [0.717, 1.165) is 64.2 Å². The molecule has 2 aromatic rings. The lowest BCUT2D eigenvalue weighted by atomic mass is 10.1. The van der Waals surface area contributed by atoms with Gasteiger partial charge in [0.25, 0.3) is 0 Å². The van der Waals surface area contributed by atoms with Crippen LogP contribution in [-0.2, 0) is 16.1 Å². The molecule has 2 aromatic carbocycles. The maximum atomic E-state index is 12.2. The van der Waals surface area contributed by atoms with Crippen molar-refractivity contribution in [2.75, 3.05) is 73.7 Å². The largest absolute Gasteiger partial charge is 0.493 e. The second-order valence-electron chi connectivity index (χ2n) is 9.72. The highest BCUT2D eigenvalue weighted by atomic mass is 16.5. The molecule has 0 bridgehead atoms. The fraction of sp³-hybridized carbons (Fsp3) is 0.567. The number of hydrogen-bond donors (Lipinski definition) is 1. The Morgan fingerprint density at radius 1 is 0.923 bits per heavy atom. The first-order valence-electron chi connectivity index (χ1n) is 13.8. The lowest BCUT2D eigenvalue weighted by Crippen LogP contribution is -2.34. The van der Waals surface area contributed by atoms with E-state index in [0.29, 0.717) is 42.4 Å². The van der Waals surface area contributed by atoms with Crippen LogP contribution in [0.3, 0.4) is 0 Å². The molecule has 0 amide bonds. The summed E-state index contributed by atoms with van der Waals surface area (Å²) in [5.41, 5.74) is 7.18. The first-order valence-corrected chi connectivity index (χ1v) is 13.8. The molecule has 9 nitrogen and oxygen atoms in total. The molecule has 1 atom stereocenters. The third kappa shape index (κ3) is 10.0. The Morgan fingerprint density at radius 3 is 2.31 bits per heavy atom. The molecule has 1 aliphatic heterocycles. The van der Waals surface area contributed by atoms with Crippen LogP contribution >= 0.6 is 0 Å². The van der Waals surface area contributed by atoms with E-state index in [4.69, 9.17) is 29.4 Å². The number of rotatable bonds is 16. The van der Waals surface area contributed by atoms with E-state index >= 15 is 0 Å². The number of benzene rings is 2. The van der Waals surface area contributed by atoms with Gasteiger partial charge in [0, 0.05) is 26.1 Å². The minimum absolute atomic E-state index is 0.0125. The van der Waals surface area contributed by atoms with Crippen molar-refractivity contribution >= 4 is 5.97 Å². The van der Waals surface area contributed by atoms with Gasteiger partial charge in [-0.05, 0) is 63.1 Å². The highest BCUT2D eigenvalue weighted by molar-refractivity contribution is 5.91. The summed E-state index contributed by atoms with van der Waals surface area (Å²) in [4.78, 5) is 17.2. The highest BCUT2D eigenvalue weighted by Gasteiger charge is 2.20. The molecule has 1 heterocycles. The van der Waals surface area contributed by atoms with Crippen LogP contribution in [0.4, 0.5) is 0 Å². The Balaban J connectivity index is 1.61. The van der Waals surface area contributed by atoms with E-state index < -0.39 is 5.97 Å². The van der Waals surface area contributed by atoms with Crippen LogP contribution in [0.2, 0.25) is 0 Å². The van der Waals surface area contributed by atoms with E-state index in [1.54, 1.807) is 19.2 Å². The van der Waals surface area contributed by atoms with Crippen LogP contribution in [-0.4, -0.2) is 95.6 Å². The summed E-state index contributed by atoms with van der Waals surface area (Å²) in [6, 6.07) is 13.4. The standard InChI is InChI=1S/C30H45N3O6/c1-35-27-21-25(30(34)37-3)22-28(29(27)36-2)38-20-12-26(39-23-24-9-5-4-6-10-24)11-17-33-16-8-15-32(18-19-33)14-7-13-31/h4-6,9-10,21-22,26H,7-8,11-20,23,31H2,1-3H3. The third-order valence-electron chi connectivity index (χ3n) is 7.02. The van der Waals surface area contributed by atoms with Gasteiger partial charge in [0.15, 0.2) is 11.5 Å². The minimum atomic E-state index is -0.469. The van der Waals surface area contributed by atoms with Crippen LogP contribution in [0.5, 0.6) is 17.2 Å². The number of esters is 1. The van der Waals surface area contributed by atoms with Gasteiger partial charge in [0.05, 0.1) is 46.2 Å². The minimum Gasteiger partial charge on any atom is -0.493 e. The molecule has 216 valence electrons. The molecule has 0 spiro atoms. The summed E-state index contributed by atoms with van der Waals surface area (Å²) in [5.74, 6) is 0.817. The number of hydrogen-bond acceptors (Lipinski definition) is 9. The Kier molecular flexibility index (Phi) is 13.4. The number of nitrogens with two attached hydrogens (primary N) is 1. The van der Waals surface area contributed by atoms with Crippen LogP contribution in [0.25, 0.3) is 0 Å². The van der Waals surface area contributed by atoms with Crippen molar-refractivity contribution in [2.45, 2.75) is 38.4 Å². The Bertz CT molecular complexity index is 990. The lowest BCUT2D eigenvalue weighted by Gasteiger charge is -2.25. The quantitative estimate of drug-likeness (QED) is 0.319. The van der Waals surface area contributed by atoms with Gasteiger partial charge in [0.1, 0.15) is 0 Å². The monoisotopic (exact) mass is 543 g/mol. The molecule has 9 heteroatoms. The molecule has 1 aliphatic rings. The molecule has 2 N–H and O–H groups in total. The van der Waals surface area contributed by atoms with Gasteiger partial charge in [-0.2, -0.15) is 0 Å². The fourth-order valence-electron chi connectivity index (χ4n) is 4.79. The molecule has 1 unspecified atom stereocenters. The number of nitrogens with zero attached hydrogens (tertiary/aromatic N) is 2. The molecule has 3 rings (SSSR count). The van der Waals surface area contributed by atoms with E-state index in [9.17, 15) is 4.79 Å². The zero-order valence-corrected chi connectivity index (χ0v) is 23.7. The lowest BCUT2D eigenvalue weighted by molar-refractivity contribution is 0.0149. The van der Waals surface area contributed by atoms with E-state index in [1.165, 1.54) is 20.6 Å². The molecule has 0 aromatic heterocycles. The van der Waals surface area contributed by atoms with Crippen LogP contribution in [0.1, 0.15) is 41.6 Å². The molecule has 0 aliphatic carbocycles. The van der Waals surface area contributed by atoms with Gasteiger partial charge in [-0.15, -0.1) is 0 Å². The van der Waals surface area contributed by atoms with Gasteiger partial charge >= 0.3 is 5.97 Å². The maximum absolute atomic E-state index is 12.2. The second kappa shape index (κ2) is 17.0. The maximum Gasteiger partial charge on any atom is 0.338 e. The smallest absolute Gasteiger partial charge is 0.338 e. The molecule has 1 saturated heterocycles. The zero-order chi connectivity index (χ0) is 27.9. The van der Waals surface area contributed by atoms with E-state index in [1.807, 2.05) is 18.2 Å². The molecular formula is C30H45N3O6. The summed E-state index contributed by atoms with van der Waals surface area (Å²) in [6.45, 7) is 8.11. The summed E-state index contributed by atoms with van der Waals surface area (Å²) in [5, 5.41) is 0. The zero-order valence-electron chi connectivity index (χ0n) is 23.7. The van der Waals surface area contributed by atoms with Crippen molar-refractivity contribution in [3.63, 3.8) is 0 Å². The Morgan fingerprint density at radius 2 is 1.64 bits per heavy atom. The predicted molar refractivity (Wildman–Crippen MR) is 152 cm³/mol. The summed E-state index contributed by atoms with van der Waals surface area (Å²) < 4.78 is 28.3. The highest BCUT2D eigenvalue weighted by Crippen LogP contribution is 2.38. The van der Waals surface area contributed by atoms with Crippen molar-refractivity contribution in [1.82, 2.24) is 9.80 Å². The second-order valence-corrected chi connectivity index (χ2v) is 9.72. The first kappa shape index (κ1) is 30.7. The molecule has 39 heavy (non-hydrogen) atoms. The molecule has 1 fully saturated rings. The van der Waals surface area contributed by atoms with Crippen molar-refractivity contribution in [2.24, 2.45) is 5.73 Å². The number of methoxy groups -OCH3 is 3. The topological polar surface area (TPSA) is 95.7 Å². The summed E-state index contributed by atoms with van der Waals surface area (Å²) in [6.07, 6.45) is 3.83. The fourth-order valence-corrected chi connectivity index (χ4v) is 4.79. The van der Waals surface area contributed by atoms with Gasteiger partial charge in [-0.3, -0.25) is 0 Å². The average Bonchev–Trinajstić information content (AvgIpc) is 3.21. The van der Waals surface area contributed by atoms with Gasteiger partial charge < -0.3 is 39.2 Å². The number of carbonyl (C=O) groups is 1. The van der Waals surface area contributed by atoms with Crippen molar-refractivity contribution in [1.29, 1.82) is 0 Å². The van der Waals surface area contributed by atoms with Crippen molar-refractivity contribution in [3.8, 4) is 17.2 Å².